The number of rotatable bonds is 10. The second kappa shape index (κ2) is 10.3. The van der Waals surface area contributed by atoms with Crippen molar-refractivity contribution in [1.82, 2.24) is 4.98 Å². The Balaban J connectivity index is 1.73. The number of carbonyl (C=O) groups excluding carboxylic acids is 1. The number of amides is 1. The average molecular weight is 357 g/mol. The summed E-state index contributed by atoms with van der Waals surface area (Å²) in [5.41, 5.74) is 0.710. The van der Waals surface area contributed by atoms with E-state index >= 15 is 0 Å². The highest BCUT2D eigenvalue weighted by Crippen LogP contribution is 2.17. The van der Waals surface area contributed by atoms with Crippen molar-refractivity contribution in [3.05, 3.63) is 42.6 Å². The minimum Gasteiger partial charge on any atom is -0.497 e. The van der Waals surface area contributed by atoms with Crippen LogP contribution in [0.15, 0.2) is 42.6 Å². The van der Waals surface area contributed by atoms with E-state index in [9.17, 15) is 4.79 Å². The summed E-state index contributed by atoms with van der Waals surface area (Å²) in [6.07, 6.45) is 3.33. The lowest BCUT2D eigenvalue weighted by molar-refractivity contribution is -0.120. The summed E-state index contributed by atoms with van der Waals surface area (Å²) in [7, 11) is 1.63. The first kappa shape index (κ1) is 19.6. The minimum absolute atomic E-state index is 0.0444. The van der Waals surface area contributed by atoms with Gasteiger partial charge in [-0.05, 0) is 49.2 Å². The third-order valence-electron chi connectivity index (χ3n) is 4.12. The van der Waals surface area contributed by atoms with Crippen molar-refractivity contribution in [2.45, 2.75) is 26.7 Å². The molecule has 1 amide bonds. The Bertz CT molecular complexity index is 668. The van der Waals surface area contributed by atoms with Gasteiger partial charge in [-0.15, -0.1) is 0 Å². The molecule has 2 N–H and O–H groups in total. The number of pyridine rings is 1. The zero-order chi connectivity index (χ0) is 18.8. The lowest BCUT2D eigenvalue weighted by Crippen LogP contribution is -2.21. The molecule has 0 atom stereocenters. The number of hydrogen-bond donors (Lipinski definition) is 2. The Morgan fingerprint density at radius 1 is 1.08 bits per heavy atom. The van der Waals surface area contributed by atoms with Crippen LogP contribution in [0.1, 0.15) is 26.7 Å². The number of anilines is 2. The van der Waals surface area contributed by atoms with E-state index in [1.807, 2.05) is 50.2 Å². The summed E-state index contributed by atoms with van der Waals surface area (Å²) in [4.78, 5) is 16.4. The standard InChI is InChI=1S/C20H27N3O3/c1-4-15(5-2)20(24)23-16-6-11-19(22-14-16)21-12-13-26-18-9-7-17(25-3)8-10-18/h6-11,14-15H,4-5,12-13H2,1-3H3,(H,21,22)(H,23,24). The molecule has 1 aromatic carbocycles. The molecule has 2 aromatic rings. The third kappa shape index (κ3) is 5.95. The van der Waals surface area contributed by atoms with Crippen LogP contribution in [0.25, 0.3) is 0 Å². The number of hydrogen-bond acceptors (Lipinski definition) is 5. The summed E-state index contributed by atoms with van der Waals surface area (Å²) in [6.45, 7) is 5.18. The largest absolute Gasteiger partial charge is 0.497 e. The number of ether oxygens (including phenoxy) is 2. The Kier molecular flexibility index (Phi) is 7.74. The van der Waals surface area contributed by atoms with Crippen LogP contribution in [0.2, 0.25) is 0 Å². The van der Waals surface area contributed by atoms with E-state index < -0.39 is 0 Å². The van der Waals surface area contributed by atoms with E-state index in [4.69, 9.17) is 9.47 Å². The Labute approximate surface area is 154 Å². The number of nitrogens with one attached hydrogen (secondary N) is 2. The third-order valence-corrected chi connectivity index (χ3v) is 4.12. The Morgan fingerprint density at radius 3 is 2.35 bits per heavy atom. The average Bonchev–Trinajstić information content (AvgIpc) is 2.68. The second-order valence-electron chi connectivity index (χ2n) is 5.89. The quantitative estimate of drug-likeness (QED) is 0.630. The molecule has 0 bridgehead atoms. The molecule has 0 aliphatic heterocycles. The van der Waals surface area contributed by atoms with Gasteiger partial charge in [0, 0.05) is 5.92 Å². The molecule has 0 spiro atoms. The van der Waals surface area contributed by atoms with Crippen LogP contribution in [0.3, 0.4) is 0 Å². The summed E-state index contributed by atoms with van der Waals surface area (Å²) >= 11 is 0. The van der Waals surface area contributed by atoms with Crippen LogP contribution in [0, 0.1) is 5.92 Å². The summed E-state index contributed by atoms with van der Waals surface area (Å²) in [6, 6.07) is 11.1. The fraction of sp³-hybridized carbons (Fsp3) is 0.400. The minimum atomic E-state index is 0.0444. The van der Waals surface area contributed by atoms with Gasteiger partial charge in [0.05, 0.1) is 25.5 Å². The molecule has 6 heteroatoms. The molecule has 140 valence electrons. The van der Waals surface area contributed by atoms with Gasteiger partial charge < -0.3 is 20.1 Å². The molecule has 0 radical (unpaired) electrons. The first-order valence-electron chi connectivity index (χ1n) is 8.93. The van der Waals surface area contributed by atoms with Gasteiger partial charge in [-0.1, -0.05) is 13.8 Å². The number of nitrogens with zero attached hydrogens (tertiary/aromatic N) is 1. The monoisotopic (exact) mass is 357 g/mol. The normalized spacial score (nSPS) is 10.5. The summed E-state index contributed by atoms with van der Waals surface area (Å²) < 4.78 is 10.8. The number of aromatic nitrogens is 1. The molecule has 0 unspecified atom stereocenters. The molecule has 1 aromatic heterocycles. The van der Waals surface area contributed by atoms with Crippen molar-refractivity contribution in [1.29, 1.82) is 0 Å². The number of methoxy groups -OCH3 is 1. The van der Waals surface area contributed by atoms with E-state index in [0.717, 1.165) is 30.2 Å². The molecular formula is C20H27N3O3. The van der Waals surface area contributed by atoms with Gasteiger partial charge in [-0.2, -0.15) is 0 Å². The van der Waals surface area contributed by atoms with Crippen LogP contribution in [0.5, 0.6) is 11.5 Å². The van der Waals surface area contributed by atoms with Gasteiger partial charge in [0.15, 0.2) is 0 Å². The van der Waals surface area contributed by atoms with Crippen LogP contribution >= 0.6 is 0 Å². The molecule has 0 aliphatic rings. The number of carbonyl (C=O) groups is 1. The van der Waals surface area contributed by atoms with Gasteiger partial charge >= 0.3 is 0 Å². The maximum Gasteiger partial charge on any atom is 0.227 e. The van der Waals surface area contributed by atoms with Crippen LogP contribution in [-0.4, -0.2) is 31.2 Å². The molecular weight excluding hydrogens is 330 g/mol. The van der Waals surface area contributed by atoms with E-state index in [1.165, 1.54) is 0 Å². The zero-order valence-electron chi connectivity index (χ0n) is 15.6. The molecule has 0 aliphatic carbocycles. The zero-order valence-corrected chi connectivity index (χ0v) is 15.6. The first-order chi connectivity index (χ1) is 12.7. The van der Waals surface area contributed by atoms with Gasteiger partial charge in [-0.25, -0.2) is 4.98 Å². The molecule has 0 fully saturated rings. The maximum absolute atomic E-state index is 12.1. The highest BCUT2D eigenvalue weighted by Gasteiger charge is 2.14. The summed E-state index contributed by atoms with van der Waals surface area (Å²) in [5, 5.41) is 6.09. The second-order valence-corrected chi connectivity index (χ2v) is 5.89. The predicted molar refractivity (Wildman–Crippen MR) is 104 cm³/mol. The Morgan fingerprint density at radius 2 is 1.77 bits per heavy atom. The summed E-state index contributed by atoms with van der Waals surface area (Å²) in [5.74, 6) is 2.42. The SMILES string of the molecule is CCC(CC)C(=O)Nc1ccc(NCCOc2ccc(OC)cc2)nc1. The van der Waals surface area contributed by atoms with Gasteiger partial charge in [0.25, 0.3) is 0 Å². The topological polar surface area (TPSA) is 72.5 Å². The highest BCUT2D eigenvalue weighted by atomic mass is 16.5. The van der Waals surface area contributed by atoms with E-state index in [2.05, 4.69) is 15.6 Å². The molecule has 0 saturated carbocycles. The molecule has 2 rings (SSSR count). The number of benzene rings is 1. The van der Waals surface area contributed by atoms with Gasteiger partial charge in [0.2, 0.25) is 5.91 Å². The fourth-order valence-corrected chi connectivity index (χ4v) is 2.50. The van der Waals surface area contributed by atoms with Crippen LogP contribution < -0.4 is 20.1 Å². The molecule has 1 heterocycles. The lowest BCUT2D eigenvalue weighted by Gasteiger charge is -2.13. The lowest BCUT2D eigenvalue weighted by atomic mass is 10.0. The first-order valence-corrected chi connectivity index (χ1v) is 8.93. The predicted octanol–water partition coefficient (Wildman–Crippen LogP) is 3.96. The highest BCUT2D eigenvalue weighted by molar-refractivity contribution is 5.92. The molecule has 26 heavy (non-hydrogen) atoms. The fourth-order valence-electron chi connectivity index (χ4n) is 2.50. The van der Waals surface area contributed by atoms with E-state index in [1.54, 1.807) is 13.3 Å². The Hall–Kier alpha value is -2.76. The maximum atomic E-state index is 12.1. The molecule has 6 nitrogen and oxygen atoms in total. The van der Waals surface area contributed by atoms with Gasteiger partial charge in [-0.3, -0.25) is 4.79 Å². The van der Waals surface area contributed by atoms with Crippen LogP contribution in [0.4, 0.5) is 11.5 Å². The smallest absolute Gasteiger partial charge is 0.227 e. The van der Waals surface area contributed by atoms with Crippen LogP contribution in [-0.2, 0) is 4.79 Å². The van der Waals surface area contributed by atoms with Crippen molar-refractivity contribution in [3.8, 4) is 11.5 Å². The van der Waals surface area contributed by atoms with E-state index in [-0.39, 0.29) is 11.8 Å². The van der Waals surface area contributed by atoms with Crippen molar-refractivity contribution < 1.29 is 14.3 Å². The van der Waals surface area contributed by atoms with Crippen molar-refractivity contribution in [2.75, 3.05) is 30.9 Å². The van der Waals surface area contributed by atoms with Crippen molar-refractivity contribution >= 4 is 17.4 Å². The van der Waals surface area contributed by atoms with Crippen molar-refractivity contribution in [3.63, 3.8) is 0 Å². The van der Waals surface area contributed by atoms with Crippen molar-refractivity contribution in [2.24, 2.45) is 5.92 Å². The molecule has 0 saturated heterocycles. The van der Waals surface area contributed by atoms with E-state index in [0.29, 0.717) is 18.8 Å². The van der Waals surface area contributed by atoms with Gasteiger partial charge in [0.1, 0.15) is 23.9 Å².